The first-order chi connectivity index (χ1) is 9.63. The van der Waals surface area contributed by atoms with E-state index in [9.17, 15) is 0 Å². The van der Waals surface area contributed by atoms with Crippen LogP contribution in [0.5, 0.6) is 0 Å². The van der Waals surface area contributed by atoms with E-state index in [4.69, 9.17) is 0 Å². The van der Waals surface area contributed by atoms with Crippen LogP contribution in [0, 0.1) is 13.8 Å². The van der Waals surface area contributed by atoms with Crippen molar-refractivity contribution >= 4 is 17.3 Å². The van der Waals surface area contributed by atoms with Gasteiger partial charge in [0.15, 0.2) is 5.69 Å². The van der Waals surface area contributed by atoms with Gasteiger partial charge in [-0.25, -0.2) is 4.57 Å². The minimum atomic E-state index is 1.04. The Morgan fingerprint density at radius 2 is 1.85 bits per heavy atom. The van der Waals surface area contributed by atoms with E-state index in [1.807, 2.05) is 13.0 Å². The summed E-state index contributed by atoms with van der Waals surface area (Å²) >= 11 is 1.72. The Bertz CT molecular complexity index is 776. The zero-order valence-electron chi connectivity index (χ0n) is 12.2. The van der Waals surface area contributed by atoms with Gasteiger partial charge >= 0.3 is 5.16 Å². The van der Waals surface area contributed by atoms with Gasteiger partial charge in [0.2, 0.25) is 5.52 Å². The molecule has 0 aliphatic carbocycles. The van der Waals surface area contributed by atoms with E-state index in [0.29, 0.717) is 0 Å². The van der Waals surface area contributed by atoms with Crippen molar-refractivity contribution in [3.63, 3.8) is 0 Å². The molecule has 0 fully saturated rings. The predicted octanol–water partition coefficient (Wildman–Crippen LogP) is 3.16. The number of aryl methyl sites for hydroxylation is 2. The fourth-order valence-electron chi connectivity index (χ4n) is 2.76. The Balaban J connectivity index is 2.46. The van der Waals surface area contributed by atoms with E-state index >= 15 is 0 Å². The van der Waals surface area contributed by atoms with Gasteiger partial charge in [-0.15, -0.1) is 0 Å². The molecule has 20 heavy (non-hydrogen) atoms. The Labute approximate surface area is 123 Å². The average molecular weight is 284 g/mol. The largest absolute Gasteiger partial charge is 0.344 e. The molecule has 102 valence electrons. The molecule has 0 unspecified atom stereocenters. The van der Waals surface area contributed by atoms with Crippen LogP contribution in [0.15, 0.2) is 41.6 Å². The van der Waals surface area contributed by atoms with Gasteiger partial charge in [0, 0.05) is 11.1 Å². The lowest BCUT2D eigenvalue weighted by Crippen LogP contribution is -2.31. The lowest BCUT2D eigenvalue weighted by molar-refractivity contribution is -0.698. The Hall–Kier alpha value is -1.81. The van der Waals surface area contributed by atoms with Gasteiger partial charge in [-0.05, 0) is 37.9 Å². The van der Waals surface area contributed by atoms with E-state index in [1.54, 1.807) is 11.8 Å². The fourth-order valence-corrected chi connectivity index (χ4v) is 3.43. The minimum absolute atomic E-state index is 1.04. The fraction of sp³-hybridized carbons (Fsp3) is 0.250. The highest BCUT2D eigenvalue weighted by molar-refractivity contribution is 7.98. The molecule has 4 heteroatoms. The molecule has 2 aromatic heterocycles. The minimum Gasteiger partial charge on any atom is -0.218 e. The van der Waals surface area contributed by atoms with E-state index < -0.39 is 0 Å². The van der Waals surface area contributed by atoms with Crippen molar-refractivity contribution in [2.24, 2.45) is 7.05 Å². The topological polar surface area (TPSA) is 21.2 Å². The van der Waals surface area contributed by atoms with Gasteiger partial charge in [-0.3, -0.25) is 0 Å². The first-order valence-corrected chi connectivity index (χ1v) is 7.84. The van der Waals surface area contributed by atoms with Crippen LogP contribution in [0.25, 0.3) is 16.8 Å². The van der Waals surface area contributed by atoms with Crippen molar-refractivity contribution in [3.8, 4) is 11.3 Å². The predicted molar refractivity (Wildman–Crippen MR) is 83.1 cm³/mol. The lowest BCUT2D eigenvalue weighted by Gasteiger charge is -1.99. The summed E-state index contributed by atoms with van der Waals surface area (Å²) in [6.45, 7) is 4.19. The number of imidazole rings is 1. The molecule has 0 N–H and O–H groups in total. The van der Waals surface area contributed by atoms with Crippen LogP contribution < -0.4 is 4.57 Å². The molecule has 2 heterocycles. The standard InChI is InChI=1S/C16H18N3S/c1-11-10-12(2)17-19-14(11)15(18(3)16(19)20-4)13-8-6-5-7-9-13/h5-10H,1-4H3/q+1. The van der Waals surface area contributed by atoms with E-state index in [0.717, 1.165) is 10.9 Å². The molecule has 0 radical (unpaired) electrons. The second-order valence-electron chi connectivity index (χ2n) is 4.99. The number of fused-ring (bicyclic) bond motifs is 1. The molecular weight excluding hydrogens is 266 g/mol. The first-order valence-electron chi connectivity index (χ1n) is 6.62. The van der Waals surface area contributed by atoms with Crippen LogP contribution in [-0.2, 0) is 7.05 Å². The van der Waals surface area contributed by atoms with Crippen molar-refractivity contribution in [3.05, 3.63) is 47.7 Å². The zero-order valence-corrected chi connectivity index (χ0v) is 13.0. The molecule has 3 nitrogen and oxygen atoms in total. The number of nitrogens with zero attached hydrogens (tertiary/aromatic N) is 3. The first kappa shape index (κ1) is 13.2. The molecule has 0 bridgehead atoms. The average Bonchev–Trinajstić information content (AvgIpc) is 2.71. The van der Waals surface area contributed by atoms with Crippen molar-refractivity contribution in [1.29, 1.82) is 0 Å². The summed E-state index contributed by atoms with van der Waals surface area (Å²) in [7, 11) is 2.11. The van der Waals surface area contributed by atoms with Crippen molar-refractivity contribution in [2.45, 2.75) is 19.0 Å². The van der Waals surface area contributed by atoms with Crippen LogP contribution in [0.3, 0.4) is 0 Å². The monoisotopic (exact) mass is 284 g/mol. The highest BCUT2D eigenvalue weighted by atomic mass is 32.2. The maximum atomic E-state index is 4.69. The molecule has 0 amide bonds. The van der Waals surface area contributed by atoms with Crippen LogP contribution in [0.2, 0.25) is 0 Å². The van der Waals surface area contributed by atoms with Gasteiger partial charge in [0.25, 0.3) is 0 Å². The maximum absolute atomic E-state index is 4.69. The SMILES string of the molecule is CSc1n2nc(C)cc(C)c2c(-c2ccccc2)[n+]1C. The van der Waals surface area contributed by atoms with Gasteiger partial charge in [0.1, 0.15) is 0 Å². The summed E-state index contributed by atoms with van der Waals surface area (Å²) in [4.78, 5) is 0. The van der Waals surface area contributed by atoms with Gasteiger partial charge in [-0.2, -0.15) is 0 Å². The highest BCUT2D eigenvalue weighted by Crippen LogP contribution is 2.28. The number of aromatic nitrogens is 3. The van der Waals surface area contributed by atoms with Crippen LogP contribution in [0.4, 0.5) is 0 Å². The molecule has 0 atom stereocenters. The molecule has 1 aromatic carbocycles. The van der Waals surface area contributed by atoms with Crippen molar-refractivity contribution < 1.29 is 4.57 Å². The molecule has 3 rings (SSSR count). The van der Waals surface area contributed by atoms with Gasteiger partial charge in [-0.1, -0.05) is 39.9 Å². The van der Waals surface area contributed by atoms with Gasteiger partial charge < -0.3 is 0 Å². The Morgan fingerprint density at radius 1 is 1.15 bits per heavy atom. The number of rotatable bonds is 2. The summed E-state index contributed by atoms with van der Waals surface area (Å²) < 4.78 is 4.30. The third kappa shape index (κ3) is 1.91. The van der Waals surface area contributed by atoms with Crippen LogP contribution >= 0.6 is 11.8 Å². The molecule has 0 spiro atoms. The Morgan fingerprint density at radius 3 is 2.50 bits per heavy atom. The molecule has 0 aliphatic heterocycles. The summed E-state index contributed by atoms with van der Waals surface area (Å²) in [6.07, 6.45) is 2.09. The molecule has 0 saturated heterocycles. The van der Waals surface area contributed by atoms with E-state index in [-0.39, 0.29) is 0 Å². The second kappa shape index (κ2) is 4.94. The second-order valence-corrected chi connectivity index (χ2v) is 5.76. The molecule has 0 saturated carbocycles. The van der Waals surface area contributed by atoms with Crippen molar-refractivity contribution in [2.75, 3.05) is 6.26 Å². The normalized spacial score (nSPS) is 11.2. The molecule has 0 aliphatic rings. The highest BCUT2D eigenvalue weighted by Gasteiger charge is 2.27. The molecular formula is C16H18N3S+. The smallest absolute Gasteiger partial charge is 0.218 e. The van der Waals surface area contributed by atoms with Crippen molar-refractivity contribution in [1.82, 2.24) is 9.61 Å². The van der Waals surface area contributed by atoms with Crippen LogP contribution in [-0.4, -0.2) is 15.9 Å². The quantitative estimate of drug-likeness (QED) is 0.532. The molecule has 3 aromatic rings. The maximum Gasteiger partial charge on any atom is 0.344 e. The van der Waals surface area contributed by atoms with E-state index in [2.05, 4.69) is 64.7 Å². The summed E-state index contributed by atoms with van der Waals surface area (Å²) in [5, 5.41) is 5.83. The number of thioether (sulfide) groups is 1. The van der Waals surface area contributed by atoms with Crippen LogP contribution in [0.1, 0.15) is 11.3 Å². The lowest BCUT2D eigenvalue weighted by atomic mass is 10.1. The van der Waals surface area contributed by atoms with E-state index in [1.165, 1.54) is 22.3 Å². The summed E-state index contributed by atoms with van der Waals surface area (Å²) in [6, 6.07) is 12.7. The number of hydrogen-bond acceptors (Lipinski definition) is 2. The van der Waals surface area contributed by atoms with Gasteiger partial charge in [0.05, 0.1) is 12.7 Å². The Kier molecular flexibility index (Phi) is 3.26. The summed E-state index contributed by atoms with van der Waals surface area (Å²) in [5.74, 6) is 0. The summed E-state index contributed by atoms with van der Waals surface area (Å²) in [5.41, 5.74) is 5.93. The number of hydrogen-bond donors (Lipinski definition) is 0. The number of benzene rings is 1. The zero-order chi connectivity index (χ0) is 14.3. The third-order valence-corrected chi connectivity index (χ3v) is 4.34. The third-order valence-electron chi connectivity index (χ3n) is 3.53.